The first-order valence-electron chi connectivity index (χ1n) is 13.1. The first-order chi connectivity index (χ1) is 18.5. The minimum Gasteiger partial charge on any atom is -0.378 e. The number of nitrogens with one attached hydrogen (secondary N) is 4. The predicted molar refractivity (Wildman–Crippen MR) is 143 cm³/mol. The Morgan fingerprint density at radius 3 is 2.56 bits per heavy atom. The lowest BCUT2D eigenvalue weighted by molar-refractivity contribution is -0.138. The highest BCUT2D eigenvalue weighted by molar-refractivity contribution is 7.89. The predicted octanol–water partition coefficient (Wildman–Crippen LogP) is 3.74. The monoisotopic (exact) mass is 568 g/mol. The topological polar surface area (TPSA) is 109 Å². The number of hydrogen-bond acceptors (Lipinski definition) is 6. The molecule has 0 aliphatic carbocycles. The molecule has 0 bridgehead atoms. The van der Waals surface area contributed by atoms with Gasteiger partial charge in [0.15, 0.2) is 0 Å². The van der Waals surface area contributed by atoms with Crippen LogP contribution in [0.4, 0.5) is 18.9 Å². The summed E-state index contributed by atoms with van der Waals surface area (Å²) in [6.45, 7) is 2.98. The quantitative estimate of drug-likeness (QED) is 0.308. The Balaban J connectivity index is 1.39. The second-order valence-corrected chi connectivity index (χ2v) is 11.9. The lowest BCUT2D eigenvalue weighted by Gasteiger charge is -2.46. The van der Waals surface area contributed by atoms with Gasteiger partial charge in [0.2, 0.25) is 15.9 Å². The number of amides is 1. The van der Waals surface area contributed by atoms with E-state index in [1.165, 1.54) is 13.0 Å². The molecule has 1 amide bonds. The largest absolute Gasteiger partial charge is 0.416 e. The molecule has 0 unspecified atom stereocenters. The smallest absolute Gasteiger partial charge is 0.378 e. The fourth-order valence-electron chi connectivity index (χ4n) is 5.20. The fourth-order valence-corrected chi connectivity index (χ4v) is 6.31. The van der Waals surface area contributed by atoms with Gasteiger partial charge >= 0.3 is 6.18 Å². The molecule has 12 heteroatoms. The van der Waals surface area contributed by atoms with E-state index in [9.17, 15) is 26.4 Å². The molecule has 2 aliphatic heterocycles. The first kappa shape index (κ1) is 29.3. The second kappa shape index (κ2) is 12.7. The van der Waals surface area contributed by atoms with Crippen molar-refractivity contribution in [3.63, 3.8) is 0 Å². The molecular formula is C27H35F3N4O4S. The standard InChI is InChI=1S/C27H35F3N4O4S/c1-18(35)32-14-13-31-12-5-15-39(36,37)33-17-21-9-10-22-25(19-6-3-2-4-7-19)34-24-11-8-20(27(28,29)30)16-23(24)26(22)38-21/h2-4,6-8,11,16,21-22,25-26,31,33-34H,5,9-10,12-15,17H2,1H3,(H,32,35)/t21-,22+,25+,26+/m1/s1. The Hall–Kier alpha value is -2.67. The molecule has 1 fully saturated rings. The van der Waals surface area contributed by atoms with Gasteiger partial charge in [0.1, 0.15) is 0 Å². The Morgan fingerprint density at radius 2 is 1.85 bits per heavy atom. The van der Waals surface area contributed by atoms with E-state index < -0.39 is 34.0 Å². The van der Waals surface area contributed by atoms with Crippen molar-refractivity contribution in [1.29, 1.82) is 0 Å². The molecule has 2 aromatic carbocycles. The van der Waals surface area contributed by atoms with E-state index in [0.29, 0.717) is 50.1 Å². The van der Waals surface area contributed by atoms with Crippen LogP contribution in [0.25, 0.3) is 0 Å². The van der Waals surface area contributed by atoms with Crippen molar-refractivity contribution < 1.29 is 31.1 Å². The number of ether oxygens (including phenoxy) is 1. The van der Waals surface area contributed by atoms with Crippen molar-refractivity contribution in [1.82, 2.24) is 15.4 Å². The van der Waals surface area contributed by atoms with Crippen LogP contribution in [0.3, 0.4) is 0 Å². The first-order valence-corrected chi connectivity index (χ1v) is 14.8. The molecule has 4 rings (SSSR count). The van der Waals surface area contributed by atoms with E-state index in [1.807, 2.05) is 30.3 Å². The molecule has 214 valence electrons. The summed E-state index contributed by atoms with van der Waals surface area (Å²) in [4.78, 5) is 10.9. The summed E-state index contributed by atoms with van der Waals surface area (Å²) in [7, 11) is -3.56. The number of rotatable bonds is 11. The molecule has 1 saturated heterocycles. The molecule has 0 spiro atoms. The van der Waals surface area contributed by atoms with Crippen LogP contribution in [0.1, 0.15) is 55.0 Å². The second-order valence-electron chi connectivity index (χ2n) is 10.0. The summed E-state index contributed by atoms with van der Waals surface area (Å²) in [5.74, 6) is -0.305. The van der Waals surface area contributed by atoms with Gasteiger partial charge in [-0.05, 0) is 49.6 Å². The Labute approximate surface area is 227 Å². The van der Waals surface area contributed by atoms with Crippen LogP contribution >= 0.6 is 0 Å². The average Bonchev–Trinajstić information content (AvgIpc) is 2.90. The van der Waals surface area contributed by atoms with Gasteiger partial charge in [-0.1, -0.05) is 30.3 Å². The minimum absolute atomic E-state index is 0.0548. The molecule has 2 aromatic rings. The van der Waals surface area contributed by atoms with Crippen LogP contribution in [0.5, 0.6) is 0 Å². The zero-order valence-electron chi connectivity index (χ0n) is 21.8. The summed E-state index contributed by atoms with van der Waals surface area (Å²) in [6.07, 6.45) is -3.92. The summed E-state index contributed by atoms with van der Waals surface area (Å²) >= 11 is 0. The third-order valence-corrected chi connectivity index (χ3v) is 8.54. The summed E-state index contributed by atoms with van der Waals surface area (Å²) in [5, 5.41) is 9.15. The van der Waals surface area contributed by atoms with Crippen molar-refractivity contribution in [3.05, 3.63) is 65.2 Å². The van der Waals surface area contributed by atoms with E-state index in [1.54, 1.807) is 0 Å². The highest BCUT2D eigenvalue weighted by Gasteiger charge is 2.43. The van der Waals surface area contributed by atoms with Crippen LogP contribution in [-0.2, 0) is 25.7 Å². The zero-order valence-corrected chi connectivity index (χ0v) is 22.6. The maximum absolute atomic E-state index is 13.5. The molecule has 4 N–H and O–H groups in total. The van der Waals surface area contributed by atoms with Gasteiger partial charge in [0, 0.05) is 43.7 Å². The summed E-state index contributed by atoms with van der Waals surface area (Å²) < 4.78 is 74.6. The molecule has 0 aromatic heterocycles. The van der Waals surface area contributed by atoms with Crippen molar-refractivity contribution in [2.75, 3.05) is 37.2 Å². The van der Waals surface area contributed by atoms with Crippen molar-refractivity contribution in [3.8, 4) is 0 Å². The minimum atomic E-state index is -4.48. The van der Waals surface area contributed by atoms with Crippen LogP contribution in [0.15, 0.2) is 48.5 Å². The highest BCUT2D eigenvalue weighted by atomic mass is 32.2. The van der Waals surface area contributed by atoms with Crippen molar-refractivity contribution in [2.24, 2.45) is 5.92 Å². The number of benzene rings is 2. The van der Waals surface area contributed by atoms with Crippen molar-refractivity contribution in [2.45, 2.75) is 50.6 Å². The molecular weight excluding hydrogens is 533 g/mol. The number of anilines is 1. The number of carbonyl (C=O) groups is 1. The van der Waals surface area contributed by atoms with E-state index in [-0.39, 0.29) is 30.2 Å². The lowest BCUT2D eigenvalue weighted by atomic mass is 9.76. The Bertz CT molecular complexity index is 1230. The number of halogens is 3. The molecule has 39 heavy (non-hydrogen) atoms. The maximum Gasteiger partial charge on any atom is 0.416 e. The fraction of sp³-hybridized carbons (Fsp3) is 0.519. The average molecular weight is 569 g/mol. The number of sulfonamides is 1. The van der Waals surface area contributed by atoms with Crippen LogP contribution in [0.2, 0.25) is 0 Å². The van der Waals surface area contributed by atoms with Gasteiger partial charge in [-0.15, -0.1) is 0 Å². The van der Waals surface area contributed by atoms with E-state index >= 15 is 0 Å². The number of fused-ring (bicyclic) bond motifs is 3. The summed E-state index contributed by atoms with van der Waals surface area (Å²) in [5.41, 5.74) is 1.31. The highest BCUT2D eigenvalue weighted by Crippen LogP contribution is 2.51. The molecule has 4 atom stereocenters. The van der Waals surface area contributed by atoms with Gasteiger partial charge in [-0.3, -0.25) is 4.79 Å². The number of alkyl halides is 3. The SMILES string of the molecule is CC(=O)NCCNCCCS(=O)(=O)NC[C@H]1CC[C@@H]2[C@H](O1)c1cc(C(F)(F)F)ccc1N[C@H]2c1ccccc1. The van der Waals surface area contributed by atoms with Gasteiger partial charge < -0.3 is 20.7 Å². The molecule has 8 nitrogen and oxygen atoms in total. The molecule has 2 heterocycles. The lowest BCUT2D eigenvalue weighted by Crippen LogP contribution is -2.43. The van der Waals surface area contributed by atoms with Crippen LogP contribution in [0, 0.1) is 5.92 Å². The van der Waals surface area contributed by atoms with Gasteiger partial charge in [-0.25, -0.2) is 13.1 Å². The van der Waals surface area contributed by atoms with E-state index in [2.05, 4.69) is 20.7 Å². The Kier molecular flexibility index (Phi) is 9.52. The number of hydrogen-bond donors (Lipinski definition) is 4. The Morgan fingerprint density at radius 1 is 1.08 bits per heavy atom. The third kappa shape index (κ3) is 7.93. The van der Waals surface area contributed by atoms with Crippen LogP contribution < -0.4 is 20.7 Å². The molecule has 0 saturated carbocycles. The van der Waals surface area contributed by atoms with Gasteiger partial charge in [-0.2, -0.15) is 13.2 Å². The van der Waals surface area contributed by atoms with Crippen LogP contribution in [-0.4, -0.2) is 52.4 Å². The van der Waals surface area contributed by atoms with E-state index in [0.717, 1.165) is 17.7 Å². The van der Waals surface area contributed by atoms with Crippen molar-refractivity contribution >= 4 is 21.6 Å². The maximum atomic E-state index is 13.5. The van der Waals surface area contributed by atoms with Gasteiger partial charge in [0.25, 0.3) is 0 Å². The molecule has 0 radical (unpaired) electrons. The zero-order chi connectivity index (χ0) is 28.0. The van der Waals surface area contributed by atoms with Gasteiger partial charge in [0.05, 0.1) is 29.6 Å². The summed E-state index contributed by atoms with van der Waals surface area (Å²) in [6, 6.07) is 13.2. The number of carbonyl (C=O) groups excluding carboxylic acids is 1. The van der Waals surface area contributed by atoms with E-state index in [4.69, 9.17) is 4.74 Å². The normalized spacial score (nSPS) is 22.9. The third-order valence-electron chi connectivity index (χ3n) is 7.11. The molecule has 2 aliphatic rings.